The molecule has 1 amide bonds. The van der Waals surface area contributed by atoms with Gasteiger partial charge >= 0.3 is 0 Å². The number of rotatable bonds is 5. The van der Waals surface area contributed by atoms with E-state index in [-0.39, 0.29) is 27.4 Å². The molecule has 2 aromatic rings. The Labute approximate surface area is 177 Å². The van der Waals surface area contributed by atoms with E-state index in [1.165, 1.54) is 23.8 Å². The van der Waals surface area contributed by atoms with Gasteiger partial charge in [0.05, 0.1) is 15.5 Å². The van der Waals surface area contributed by atoms with Gasteiger partial charge in [-0.3, -0.25) is 4.79 Å². The van der Waals surface area contributed by atoms with Crippen molar-refractivity contribution in [2.24, 2.45) is 0 Å². The third-order valence-corrected chi connectivity index (χ3v) is 6.79. The van der Waals surface area contributed by atoms with Gasteiger partial charge in [0.1, 0.15) is 0 Å². The minimum absolute atomic E-state index is 0.0392. The summed E-state index contributed by atoms with van der Waals surface area (Å²) in [7, 11) is -3.70. The standard InChI is InChI=1S/C21H26ClN3O3S/c1-15(2)23-29(27,28)18-7-8-20(22)19(14-18)21(26)25-11-9-24(10-12-25)17-6-4-5-16(3)13-17/h4-8,13-15,23H,9-12H2,1-3H3. The molecule has 6 nitrogen and oxygen atoms in total. The number of sulfonamides is 1. The Bertz CT molecular complexity index is 1000. The zero-order chi connectivity index (χ0) is 21.2. The van der Waals surface area contributed by atoms with E-state index < -0.39 is 10.0 Å². The molecule has 3 rings (SSSR count). The van der Waals surface area contributed by atoms with Crippen LogP contribution in [0.1, 0.15) is 29.8 Å². The second kappa shape index (κ2) is 8.73. The smallest absolute Gasteiger partial charge is 0.255 e. The van der Waals surface area contributed by atoms with Crippen molar-refractivity contribution >= 4 is 33.2 Å². The second-order valence-corrected chi connectivity index (χ2v) is 9.66. The van der Waals surface area contributed by atoms with Crippen LogP contribution in [0.2, 0.25) is 5.02 Å². The third kappa shape index (κ3) is 5.10. The zero-order valence-corrected chi connectivity index (χ0v) is 18.4. The summed E-state index contributed by atoms with van der Waals surface area (Å²) >= 11 is 6.23. The van der Waals surface area contributed by atoms with Crippen LogP contribution in [0.4, 0.5) is 5.69 Å². The number of aryl methyl sites for hydroxylation is 1. The van der Waals surface area contributed by atoms with Gasteiger partial charge in [0.25, 0.3) is 5.91 Å². The summed E-state index contributed by atoms with van der Waals surface area (Å²) in [4.78, 5) is 17.0. The van der Waals surface area contributed by atoms with E-state index in [9.17, 15) is 13.2 Å². The molecule has 1 aliphatic rings. The molecule has 0 atom stereocenters. The Balaban J connectivity index is 1.75. The number of nitrogens with zero attached hydrogens (tertiary/aromatic N) is 2. The Kier molecular flexibility index (Phi) is 6.51. The number of hydrogen-bond donors (Lipinski definition) is 1. The molecule has 0 unspecified atom stereocenters. The maximum atomic E-state index is 13.0. The van der Waals surface area contributed by atoms with Gasteiger partial charge in [0.2, 0.25) is 10.0 Å². The van der Waals surface area contributed by atoms with Crippen LogP contribution in [-0.2, 0) is 10.0 Å². The van der Waals surface area contributed by atoms with Crippen molar-refractivity contribution in [2.75, 3.05) is 31.1 Å². The van der Waals surface area contributed by atoms with Crippen LogP contribution < -0.4 is 9.62 Å². The average molecular weight is 436 g/mol. The molecule has 0 aliphatic carbocycles. The molecular formula is C21H26ClN3O3S. The first-order valence-electron chi connectivity index (χ1n) is 9.60. The summed E-state index contributed by atoms with van der Waals surface area (Å²) in [5.41, 5.74) is 2.55. The molecule has 2 aromatic carbocycles. The third-order valence-electron chi connectivity index (χ3n) is 4.80. The molecule has 1 saturated heterocycles. The van der Waals surface area contributed by atoms with Crippen molar-refractivity contribution in [1.82, 2.24) is 9.62 Å². The van der Waals surface area contributed by atoms with Gasteiger partial charge in [-0.25, -0.2) is 13.1 Å². The molecule has 1 heterocycles. The Morgan fingerprint density at radius 3 is 2.38 bits per heavy atom. The molecule has 0 spiro atoms. The predicted molar refractivity (Wildman–Crippen MR) is 116 cm³/mol. The number of carbonyl (C=O) groups excluding carboxylic acids is 1. The van der Waals surface area contributed by atoms with Gasteiger partial charge in [-0.1, -0.05) is 23.7 Å². The van der Waals surface area contributed by atoms with Crippen molar-refractivity contribution in [2.45, 2.75) is 31.7 Å². The highest BCUT2D eigenvalue weighted by Crippen LogP contribution is 2.24. The van der Waals surface area contributed by atoms with Gasteiger partial charge in [-0.15, -0.1) is 0 Å². The molecule has 8 heteroatoms. The lowest BCUT2D eigenvalue weighted by Crippen LogP contribution is -2.48. The SMILES string of the molecule is Cc1cccc(N2CCN(C(=O)c3cc(S(=O)(=O)NC(C)C)ccc3Cl)CC2)c1. The minimum Gasteiger partial charge on any atom is -0.368 e. The zero-order valence-electron chi connectivity index (χ0n) is 16.9. The lowest BCUT2D eigenvalue weighted by molar-refractivity contribution is 0.0746. The topological polar surface area (TPSA) is 69.7 Å². The fraction of sp³-hybridized carbons (Fsp3) is 0.381. The summed E-state index contributed by atoms with van der Waals surface area (Å²) in [5, 5.41) is 0.250. The van der Waals surface area contributed by atoms with Gasteiger partial charge < -0.3 is 9.80 Å². The van der Waals surface area contributed by atoms with Crippen molar-refractivity contribution in [1.29, 1.82) is 0 Å². The Morgan fingerprint density at radius 2 is 1.76 bits per heavy atom. The van der Waals surface area contributed by atoms with E-state index in [2.05, 4.69) is 34.7 Å². The Morgan fingerprint density at radius 1 is 1.07 bits per heavy atom. The van der Waals surface area contributed by atoms with Crippen molar-refractivity contribution in [3.05, 3.63) is 58.6 Å². The number of amides is 1. The van der Waals surface area contributed by atoms with Crippen LogP contribution >= 0.6 is 11.6 Å². The molecule has 1 fully saturated rings. The molecule has 0 bridgehead atoms. The first-order valence-corrected chi connectivity index (χ1v) is 11.5. The van der Waals surface area contributed by atoms with E-state index >= 15 is 0 Å². The lowest BCUT2D eigenvalue weighted by Gasteiger charge is -2.36. The first-order chi connectivity index (χ1) is 13.7. The van der Waals surface area contributed by atoms with Crippen LogP contribution in [0, 0.1) is 6.92 Å². The van der Waals surface area contributed by atoms with Crippen LogP contribution in [0.5, 0.6) is 0 Å². The lowest BCUT2D eigenvalue weighted by atomic mass is 10.1. The van der Waals surface area contributed by atoms with Crippen LogP contribution in [0.25, 0.3) is 0 Å². The monoisotopic (exact) mass is 435 g/mol. The quantitative estimate of drug-likeness (QED) is 0.782. The number of benzene rings is 2. The molecule has 0 radical (unpaired) electrons. The fourth-order valence-corrected chi connectivity index (χ4v) is 4.85. The van der Waals surface area contributed by atoms with Crippen LogP contribution in [-0.4, -0.2) is 51.4 Å². The molecule has 29 heavy (non-hydrogen) atoms. The van der Waals surface area contributed by atoms with Gasteiger partial charge in [-0.2, -0.15) is 0 Å². The van der Waals surface area contributed by atoms with Crippen LogP contribution in [0.15, 0.2) is 47.4 Å². The molecule has 1 aliphatic heterocycles. The number of piperazine rings is 1. The first kappa shape index (κ1) is 21.6. The highest BCUT2D eigenvalue weighted by atomic mass is 35.5. The largest absolute Gasteiger partial charge is 0.368 e. The van der Waals surface area contributed by atoms with Crippen molar-refractivity contribution < 1.29 is 13.2 Å². The van der Waals surface area contributed by atoms with E-state index in [0.717, 1.165) is 5.69 Å². The number of nitrogens with one attached hydrogen (secondary N) is 1. The summed E-state index contributed by atoms with van der Waals surface area (Å²) < 4.78 is 27.4. The van der Waals surface area contributed by atoms with Gasteiger partial charge in [0, 0.05) is 37.9 Å². The second-order valence-electron chi connectivity index (χ2n) is 7.54. The normalized spacial score (nSPS) is 15.1. The molecule has 0 saturated carbocycles. The highest BCUT2D eigenvalue weighted by Gasteiger charge is 2.26. The van der Waals surface area contributed by atoms with E-state index in [0.29, 0.717) is 26.2 Å². The summed E-state index contributed by atoms with van der Waals surface area (Å²) in [6.45, 7) is 8.05. The summed E-state index contributed by atoms with van der Waals surface area (Å²) in [6.07, 6.45) is 0. The Hall–Kier alpha value is -2.09. The average Bonchev–Trinajstić information content (AvgIpc) is 2.67. The van der Waals surface area contributed by atoms with E-state index in [4.69, 9.17) is 11.6 Å². The fourth-order valence-electron chi connectivity index (χ4n) is 3.38. The van der Waals surface area contributed by atoms with Crippen molar-refractivity contribution in [3.63, 3.8) is 0 Å². The molecule has 0 aromatic heterocycles. The van der Waals surface area contributed by atoms with E-state index in [1.54, 1.807) is 18.7 Å². The number of halogens is 1. The minimum atomic E-state index is -3.70. The molecular weight excluding hydrogens is 410 g/mol. The van der Waals surface area contributed by atoms with E-state index in [1.807, 2.05) is 6.07 Å². The maximum absolute atomic E-state index is 13.0. The number of carbonyl (C=O) groups is 1. The van der Waals surface area contributed by atoms with Crippen molar-refractivity contribution in [3.8, 4) is 0 Å². The highest BCUT2D eigenvalue weighted by molar-refractivity contribution is 7.89. The maximum Gasteiger partial charge on any atom is 0.255 e. The van der Waals surface area contributed by atoms with Crippen LogP contribution in [0.3, 0.4) is 0 Å². The molecule has 1 N–H and O–H groups in total. The predicted octanol–water partition coefficient (Wildman–Crippen LogP) is 3.30. The van der Waals surface area contributed by atoms with Gasteiger partial charge in [0.15, 0.2) is 0 Å². The van der Waals surface area contributed by atoms with Gasteiger partial charge in [-0.05, 0) is 56.7 Å². The summed E-state index contributed by atoms with van der Waals surface area (Å²) in [5.74, 6) is -0.250. The number of hydrogen-bond acceptors (Lipinski definition) is 4. The number of anilines is 1. The molecule has 156 valence electrons. The summed E-state index contributed by atoms with van der Waals surface area (Å²) in [6, 6.07) is 12.3.